The molecule has 2 rings (SSSR count). The maximum atomic E-state index is 11.7. The highest BCUT2D eigenvalue weighted by atomic mass is 16.7. The van der Waals surface area contributed by atoms with Crippen LogP contribution in [-0.4, -0.2) is 51.9 Å². The molecule has 6 nitrogen and oxygen atoms in total. The van der Waals surface area contributed by atoms with Crippen LogP contribution in [0.1, 0.15) is 12.0 Å². The van der Waals surface area contributed by atoms with Crippen LogP contribution in [0.25, 0.3) is 0 Å². The van der Waals surface area contributed by atoms with E-state index in [0.717, 1.165) is 5.56 Å². The van der Waals surface area contributed by atoms with Crippen LogP contribution < -0.4 is 0 Å². The first-order valence-corrected chi connectivity index (χ1v) is 7.14. The maximum absolute atomic E-state index is 11.7. The second-order valence-electron chi connectivity index (χ2n) is 5.02. The van der Waals surface area contributed by atoms with Crippen LogP contribution in [0, 0.1) is 0 Å². The topological polar surface area (TPSA) is 63.2 Å². The maximum Gasteiger partial charge on any atom is 0.335 e. The summed E-state index contributed by atoms with van der Waals surface area (Å²) in [5.74, 6) is -0.415. The van der Waals surface area contributed by atoms with Crippen molar-refractivity contribution in [2.24, 2.45) is 0 Å². The Bertz CT molecular complexity index is 459. The molecule has 0 spiro atoms. The van der Waals surface area contributed by atoms with Crippen molar-refractivity contribution in [3.63, 3.8) is 0 Å². The third-order valence-electron chi connectivity index (χ3n) is 3.64. The third-order valence-corrected chi connectivity index (χ3v) is 3.64. The normalized spacial score (nSPS) is 24.6. The van der Waals surface area contributed by atoms with Gasteiger partial charge in [-0.3, -0.25) is 0 Å². The number of hydrogen-bond acceptors (Lipinski definition) is 6. The first kappa shape index (κ1) is 16.9. The Morgan fingerprint density at radius 2 is 1.91 bits per heavy atom. The summed E-state index contributed by atoms with van der Waals surface area (Å²) in [5.41, 5.74) is 1.05. The molecule has 1 aromatic rings. The molecule has 1 fully saturated rings. The average Bonchev–Trinajstić information content (AvgIpc) is 2.98. The molecule has 0 N–H and O–H groups in total. The van der Waals surface area contributed by atoms with Gasteiger partial charge in [-0.25, -0.2) is 4.79 Å². The zero-order valence-electron chi connectivity index (χ0n) is 13.1. The van der Waals surface area contributed by atoms with Crippen LogP contribution in [-0.2, 0) is 35.1 Å². The lowest BCUT2D eigenvalue weighted by atomic mass is 10.1. The summed E-state index contributed by atoms with van der Waals surface area (Å²) in [6.45, 7) is 0.430. The molecule has 122 valence electrons. The minimum absolute atomic E-state index is 0.311. The number of methoxy groups -OCH3 is 3. The first-order chi connectivity index (χ1) is 10.7. The van der Waals surface area contributed by atoms with Crippen LogP contribution >= 0.6 is 0 Å². The lowest BCUT2D eigenvalue weighted by Crippen LogP contribution is -2.38. The molecule has 0 aliphatic carbocycles. The molecular formula is C16H22O6. The fourth-order valence-electron chi connectivity index (χ4n) is 2.51. The van der Waals surface area contributed by atoms with Gasteiger partial charge >= 0.3 is 5.97 Å². The van der Waals surface area contributed by atoms with Crippen LogP contribution in [0.2, 0.25) is 0 Å². The Hall–Kier alpha value is -1.47. The van der Waals surface area contributed by atoms with Crippen LogP contribution in [0.3, 0.4) is 0 Å². The van der Waals surface area contributed by atoms with Crippen molar-refractivity contribution in [1.29, 1.82) is 0 Å². The molecule has 1 saturated heterocycles. The predicted molar refractivity (Wildman–Crippen MR) is 78.1 cm³/mol. The smallest absolute Gasteiger partial charge is 0.335 e. The highest BCUT2D eigenvalue weighted by Gasteiger charge is 2.44. The van der Waals surface area contributed by atoms with Crippen molar-refractivity contribution in [1.82, 2.24) is 0 Å². The fraction of sp³-hybridized carbons (Fsp3) is 0.562. The van der Waals surface area contributed by atoms with Crippen molar-refractivity contribution >= 4 is 5.97 Å². The molecule has 1 aliphatic rings. The van der Waals surface area contributed by atoms with E-state index >= 15 is 0 Å². The lowest BCUT2D eigenvalue weighted by molar-refractivity contribution is -0.202. The van der Waals surface area contributed by atoms with E-state index in [-0.39, 0.29) is 6.10 Å². The molecule has 0 bridgehead atoms. The molecule has 0 radical (unpaired) electrons. The molecule has 0 amide bonds. The molecule has 0 saturated carbocycles. The molecule has 1 aromatic carbocycles. The minimum atomic E-state index is -0.663. The average molecular weight is 310 g/mol. The Morgan fingerprint density at radius 1 is 1.23 bits per heavy atom. The SMILES string of the molecule is COC(=O)[C@H]1C[C@@H](OCc2ccccc2)[C@@H](C(OC)OC)O1. The highest BCUT2D eigenvalue weighted by Crippen LogP contribution is 2.28. The van der Waals surface area contributed by atoms with E-state index in [0.29, 0.717) is 13.0 Å². The fourth-order valence-corrected chi connectivity index (χ4v) is 2.51. The summed E-state index contributed by atoms with van der Waals surface area (Å²) in [4.78, 5) is 11.7. The van der Waals surface area contributed by atoms with Crippen molar-refractivity contribution in [2.45, 2.75) is 37.6 Å². The summed E-state index contributed by atoms with van der Waals surface area (Å²) >= 11 is 0. The molecule has 22 heavy (non-hydrogen) atoms. The van der Waals surface area contributed by atoms with Gasteiger partial charge in [0.1, 0.15) is 6.10 Å². The second-order valence-corrected chi connectivity index (χ2v) is 5.02. The zero-order valence-corrected chi connectivity index (χ0v) is 13.1. The summed E-state index contributed by atoms with van der Waals surface area (Å²) in [5, 5.41) is 0. The van der Waals surface area contributed by atoms with E-state index in [1.807, 2.05) is 30.3 Å². The Kier molecular flexibility index (Phi) is 6.33. The number of rotatable bonds is 7. The van der Waals surface area contributed by atoms with Gasteiger partial charge in [0.05, 0.1) is 19.8 Å². The molecule has 3 atom stereocenters. The van der Waals surface area contributed by atoms with Gasteiger partial charge in [0, 0.05) is 20.6 Å². The van der Waals surface area contributed by atoms with Crippen molar-refractivity contribution < 1.29 is 28.5 Å². The van der Waals surface area contributed by atoms with Crippen LogP contribution in [0.15, 0.2) is 30.3 Å². The predicted octanol–water partition coefficient (Wildman–Crippen LogP) is 1.52. The first-order valence-electron chi connectivity index (χ1n) is 7.14. The monoisotopic (exact) mass is 310 g/mol. The summed E-state index contributed by atoms with van der Waals surface area (Å²) in [6.07, 6.45) is -1.65. The summed E-state index contributed by atoms with van der Waals surface area (Å²) < 4.78 is 26.9. The Balaban J connectivity index is 2.02. The van der Waals surface area contributed by atoms with E-state index in [4.69, 9.17) is 23.7 Å². The molecule has 0 aromatic heterocycles. The quantitative estimate of drug-likeness (QED) is 0.562. The highest BCUT2D eigenvalue weighted by molar-refractivity contribution is 5.75. The van der Waals surface area contributed by atoms with Crippen LogP contribution in [0.5, 0.6) is 0 Å². The molecule has 1 heterocycles. The van der Waals surface area contributed by atoms with E-state index in [9.17, 15) is 4.79 Å². The Morgan fingerprint density at radius 3 is 2.50 bits per heavy atom. The van der Waals surface area contributed by atoms with Gasteiger partial charge in [0.15, 0.2) is 12.4 Å². The molecule has 1 aliphatic heterocycles. The number of esters is 1. The Labute approximate surface area is 130 Å². The van der Waals surface area contributed by atoms with Gasteiger partial charge in [-0.2, -0.15) is 0 Å². The van der Waals surface area contributed by atoms with Gasteiger partial charge in [-0.15, -0.1) is 0 Å². The summed E-state index contributed by atoms with van der Waals surface area (Å²) in [6, 6.07) is 9.81. The number of ether oxygens (including phenoxy) is 5. The third kappa shape index (κ3) is 4.04. The van der Waals surface area contributed by atoms with Gasteiger partial charge in [0.25, 0.3) is 0 Å². The zero-order chi connectivity index (χ0) is 15.9. The standard InChI is InChI=1S/C16H22O6/c1-18-15(17)13-9-12(14(22-13)16(19-2)20-3)21-10-11-7-5-4-6-8-11/h4-8,12-14,16H,9-10H2,1-3H3/t12-,13-,14+/m1/s1. The number of hydrogen-bond donors (Lipinski definition) is 0. The molecular weight excluding hydrogens is 288 g/mol. The molecule has 6 heteroatoms. The van der Waals surface area contributed by atoms with Gasteiger partial charge in [0.2, 0.25) is 0 Å². The van der Waals surface area contributed by atoms with E-state index in [1.165, 1.54) is 21.3 Å². The van der Waals surface area contributed by atoms with E-state index in [1.54, 1.807) is 0 Å². The van der Waals surface area contributed by atoms with Crippen LogP contribution in [0.4, 0.5) is 0 Å². The number of benzene rings is 1. The van der Waals surface area contributed by atoms with Crippen molar-refractivity contribution in [3.05, 3.63) is 35.9 Å². The van der Waals surface area contributed by atoms with Crippen molar-refractivity contribution in [2.75, 3.05) is 21.3 Å². The van der Waals surface area contributed by atoms with Gasteiger partial charge < -0.3 is 23.7 Å². The summed E-state index contributed by atoms with van der Waals surface area (Å²) in [7, 11) is 4.39. The molecule has 0 unspecified atom stereocenters. The lowest BCUT2D eigenvalue weighted by Gasteiger charge is -2.25. The largest absolute Gasteiger partial charge is 0.467 e. The minimum Gasteiger partial charge on any atom is -0.467 e. The van der Waals surface area contributed by atoms with E-state index < -0.39 is 24.5 Å². The van der Waals surface area contributed by atoms with Crippen molar-refractivity contribution in [3.8, 4) is 0 Å². The second kappa shape index (κ2) is 8.24. The van der Waals surface area contributed by atoms with E-state index in [2.05, 4.69) is 0 Å². The van der Waals surface area contributed by atoms with Gasteiger partial charge in [-0.05, 0) is 5.56 Å². The number of carbonyl (C=O) groups is 1. The number of carbonyl (C=O) groups excluding carboxylic acids is 1. The van der Waals surface area contributed by atoms with Gasteiger partial charge in [-0.1, -0.05) is 30.3 Å².